The van der Waals surface area contributed by atoms with Gasteiger partial charge < -0.3 is 5.73 Å². The monoisotopic (exact) mass is 278 g/mol. The number of nitrogens with zero attached hydrogens (tertiary/aromatic N) is 3. The second-order valence-corrected chi connectivity index (χ2v) is 6.78. The SMILES string of the molecule is CC(C)C1CCCCC1(CN)N(C)Cc1cnn(C)c1. The average Bonchev–Trinajstić information content (AvgIpc) is 2.83. The van der Waals surface area contributed by atoms with Crippen LogP contribution in [-0.2, 0) is 13.6 Å². The molecule has 2 atom stereocenters. The van der Waals surface area contributed by atoms with Gasteiger partial charge in [0.15, 0.2) is 0 Å². The van der Waals surface area contributed by atoms with Crippen molar-refractivity contribution in [3.05, 3.63) is 18.0 Å². The van der Waals surface area contributed by atoms with E-state index in [1.807, 2.05) is 17.9 Å². The molecular formula is C16H30N4. The Kier molecular flexibility index (Phi) is 4.86. The fourth-order valence-corrected chi connectivity index (χ4v) is 4.07. The fraction of sp³-hybridized carbons (Fsp3) is 0.812. The average molecular weight is 278 g/mol. The Hall–Kier alpha value is -0.870. The van der Waals surface area contributed by atoms with Crippen molar-refractivity contribution in [3.63, 3.8) is 0 Å². The number of hydrogen-bond acceptors (Lipinski definition) is 3. The van der Waals surface area contributed by atoms with Crippen molar-refractivity contribution in [2.24, 2.45) is 24.6 Å². The van der Waals surface area contributed by atoms with E-state index in [4.69, 9.17) is 5.73 Å². The summed E-state index contributed by atoms with van der Waals surface area (Å²) >= 11 is 0. The lowest BCUT2D eigenvalue weighted by Gasteiger charge is -2.51. The van der Waals surface area contributed by atoms with Gasteiger partial charge in [-0.15, -0.1) is 0 Å². The molecule has 1 aromatic heterocycles. The molecule has 2 rings (SSSR count). The zero-order valence-electron chi connectivity index (χ0n) is 13.5. The van der Waals surface area contributed by atoms with Crippen molar-refractivity contribution in [3.8, 4) is 0 Å². The van der Waals surface area contributed by atoms with Crippen LogP contribution >= 0.6 is 0 Å². The van der Waals surface area contributed by atoms with Gasteiger partial charge in [0.2, 0.25) is 0 Å². The van der Waals surface area contributed by atoms with E-state index in [2.05, 4.69) is 37.1 Å². The maximum absolute atomic E-state index is 6.26. The summed E-state index contributed by atoms with van der Waals surface area (Å²) in [6.07, 6.45) is 9.26. The molecule has 0 amide bonds. The van der Waals surface area contributed by atoms with E-state index < -0.39 is 0 Å². The predicted octanol–water partition coefficient (Wildman–Crippen LogP) is 2.40. The summed E-state index contributed by atoms with van der Waals surface area (Å²) in [6, 6.07) is 0. The Balaban J connectivity index is 2.19. The first-order valence-corrected chi connectivity index (χ1v) is 7.88. The molecule has 1 aliphatic carbocycles. The van der Waals surface area contributed by atoms with Crippen LogP contribution in [0.15, 0.2) is 12.4 Å². The second-order valence-electron chi connectivity index (χ2n) is 6.78. The van der Waals surface area contributed by atoms with E-state index in [9.17, 15) is 0 Å². The Labute approximate surface area is 123 Å². The third-order valence-corrected chi connectivity index (χ3v) is 5.16. The smallest absolute Gasteiger partial charge is 0.0534 e. The van der Waals surface area contributed by atoms with E-state index in [-0.39, 0.29) is 5.54 Å². The normalized spacial score (nSPS) is 27.4. The Morgan fingerprint density at radius 3 is 2.80 bits per heavy atom. The molecule has 1 saturated carbocycles. The van der Waals surface area contributed by atoms with Crippen molar-refractivity contribution in [2.45, 2.75) is 51.6 Å². The third kappa shape index (κ3) is 2.91. The highest BCUT2D eigenvalue weighted by molar-refractivity contribution is 5.07. The predicted molar refractivity (Wildman–Crippen MR) is 83.3 cm³/mol. The molecule has 0 spiro atoms. The first-order chi connectivity index (χ1) is 9.49. The van der Waals surface area contributed by atoms with Gasteiger partial charge in [0.1, 0.15) is 0 Å². The minimum absolute atomic E-state index is 0.155. The Bertz CT molecular complexity index is 426. The van der Waals surface area contributed by atoms with Gasteiger partial charge in [-0.2, -0.15) is 5.10 Å². The molecule has 0 aliphatic heterocycles. The van der Waals surface area contributed by atoms with Gasteiger partial charge in [0.05, 0.1) is 6.20 Å². The van der Waals surface area contributed by atoms with E-state index in [1.165, 1.54) is 31.2 Å². The summed E-state index contributed by atoms with van der Waals surface area (Å²) in [7, 11) is 4.21. The molecule has 1 aliphatic rings. The zero-order valence-corrected chi connectivity index (χ0v) is 13.5. The van der Waals surface area contributed by atoms with Gasteiger partial charge in [-0.05, 0) is 31.7 Å². The maximum Gasteiger partial charge on any atom is 0.0534 e. The molecule has 0 bridgehead atoms. The Morgan fingerprint density at radius 2 is 2.25 bits per heavy atom. The van der Waals surface area contributed by atoms with Crippen LogP contribution in [0.2, 0.25) is 0 Å². The van der Waals surface area contributed by atoms with E-state index in [0.29, 0.717) is 11.8 Å². The second kappa shape index (κ2) is 6.27. The van der Waals surface area contributed by atoms with Crippen LogP contribution in [0.4, 0.5) is 0 Å². The van der Waals surface area contributed by atoms with Crippen LogP contribution in [0.1, 0.15) is 45.1 Å². The number of hydrogen-bond donors (Lipinski definition) is 1. The minimum Gasteiger partial charge on any atom is -0.329 e. The third-order valence-electron chi connectivity index (χ3n) is 5.16. The van der Waals surface area contributed by atoms with Gasteiger partial charge in [0, 0.05) is 37.4 Å². The van der Waals surface area contributed by atoms with Crippen molar-refractivity contribution in [1.29, 1.82) is 0 Å². The highest BCUT2D eigenvalue weighted by atomic mass is 15.3. The van der Waals surface area contributed by atoms with Crippen LogP contribution < -0.4 is 5.73 Å². The summed E-state index contributed by atoms with van der Waals surface area (Å²) in [5.41, 5.74) is 7.69. The maximum atomic E-state index is 6.26. The topological polar surface area (TPSA) is 47.1 Å². The van der Waals surface area contributed by atoms with Crippen molar-refractivity contribution in [1.82, 2.24) is 14.7 Å². The highest BCUT2D eigenvalue weighted by Gasteiger charge is 2.43. The van der Waals surface area contributed by atoms with Crippen molar-refractivity contribution >= 4 is 0 Å². The Morgan fingerprint density at radius 1 is 1.50 bits per heavy atom. The van der Waals surface area contributed by atoms with Crippen LogP contribution in [0.3, 0.4) is 0 Å². The zero-order chi connectivity index (χ0) is 14.8. The summed E-state index contributed by atoms with van der Waals surface area (Å²) in [5.74, 6) is 1.39. The number of rotatable bonds is 5. The summed E-state index contributed by atoms with van der Waals surface area (Å²) in [5, 5.41) is 4.28. The molecule has 4 nitrogen and oxygen atoms in total. The lowest BCUT2D eigenvalue weighted by Crippen LogP contribution is -2.59. The van der Waals surface area contributed by atoms with Gasteiger partial charge in [-0.1, -0.05) is 26.7 Å². The first kappa shape index (κ1) is 15.5. The van der Waals surface area contributed by atoms with Crippen molar-refractivity contribution < 1.29 is 0 Å². The molecule has 0 radical (unpaired) electrons. The summed E-state index contributed by atoms with van der Waals surface area (Å²) in [4.78, 5) is 2.49. The minimum atomic E-state index is 0.155. The number of likely N-dealkylation sites (N-methyl/N-ethyl adjacent to an activating group) is 1. The fourth-order valence-electron chi connectivity index (χ4n) is 4.07. The molecule has 1 fully saturated rings. The lowest BCUT2D eigenvalue weighted by atomic mass is 9.67. The van der Waals surface area contributed by atoms with E-state index >= 15 is 0 Å². The molecule has 4 heteroatoms. The molecule has 0 saturated heterocycles. The molecule has 0 aromatic carbocycles. The largest absolute Gasteiger partial charge is 0.329 e. The van der Waals surface area contributed by atoms with Gasteiger partial charge >= 0.3 is 0 Å². The molecule has 2 N–H and O–H groups in total. The van der Waals surface area contributed by atoms with Crippen LogP contribution in [-0.4, -0.2) is 33.8 Å². The molecule has 1 aromatic rings. The molecule has 1 heterocycles. The van der Waals surface area contributed by atoms with Crippen LogP contribution in [0.25, 0.3) is 0 Å². The lowest BCUT2D eigenvalue weighted by molar-refractivity contribution is -0.00184. The molecule has 20 heavy (non-hydrogen) atoms. The van der Waals surface area contributed by atoms with Crippen molar-refractivity contribution in [2.75, 3.05) is 13.6 Å². The quantitative estimate of drug-likeness (QED) is 0.899. The van der Waals surface area contributed by atoms with E-state index in [0.717, 1.165) is 13.1 Å². The summed E-state index contributed by atoms with van der Waals surface area (Å²) < 4.78 is 1.87. The van der Waals surface area contributed by atoms with Crippen LogP contribution in [0.5, 0.6) is 0 Å². The molecule has 2 unspecified atom stereocenters. The van der Waals surface area contributed by atoms with E-state index in [1.54, 1.807) is 0 Å². The number of aromatic nitrogens is 2. The van der Waals surface area contributed by atoms with Gasteiger partial charge in [-0.3, -0.25) is 9.58 Å². The number of nitrogens with two attached hydrogens (primary N) is 1. The molecule has 114 valence electrons. The first-order valence-electron chi connectivity index (χ1n) is 7.88. The van der Waals surface area contributed by atoms with Gasteiger partial charge in [-0.25, -0.2) is 0 Å². The molecular weight excluding hydrogens is 248 g/mol. The van der Waals surface area contributed by atoms with Crippen LogP contribution in [0, 0.1) is 11.8 Å². The van der Waals surface area contributed by atoms with Gasteiger partial charge in [0.25, 0.3) is 0 Å². The highest BCUT2D eigenvalue weighted by Crippen LogP contribution is 2.41. The summed E-state index contributed by atoms with van der Waals surface area (Å²) in [6.45, 7) is 6.39. The standard InChI is InChI=1S/C16H30N4/c1-13(2)15-7-5-6-8-16(15,12-17)19(3)10-14-9-18-20(4)11-14/h9,11,13,15H,5-8,10,12,17H2,1-4H3. The number of aryl methyl sites for hydroxylation is 1.